The van der Waals surface area contributed by atoms with Crippen molar-refractivity contribution in [3.63, 3.8) is 0 Å². The van der Waals surface area contributed by atoms with Gasteiger partial charge >= 0.3 is 0 Å². The highest BCUT2D eigenvalue weighted by Gasteiger charge is 2.33. The van der Waals surface area contributed by atoms with Crippen LogP contribution in [0.3, 0.4) is 0 Å². The summed E-state index contributed by atoms with van der Waals surface area (Å²) in [7, 11) is 0. The van der Waals surface area contributed by atoms with E-state index in [9.17, 15) is 14.4 Å². The Morgan fingerprint density at radius 2 is 1.62 bits per heavy atom. The molecule has 0 radical (unpaired) electrons. The van der Waals surface area contributed by atoms with E-state index in [4.69, 9.17) is 4.42 Å². The topological polar surface area (TPSA) is 79.6 Å². The van der Waals surface area contributed by atoms with Crippen LogP contribution in [0.1, 0.15) is 38.5 Å². The van der Waals surface area contributed by atoms with Crippen molar-refractivity contribution in [1.29, 1.82) is 0 Å². The van der Waals surface area contributed by atoms with Gasteiger partial charge in [0.2, 0.25) is 11.8 Å². The van der Waals surface area contributed by atoms with Gasteiger partial charge in [-0.3, -0.25) is 19.3 Å². The maximum absolute atomic E-state index is 14.0. The first-order valence-corrected chi connectivity index (χ1v) is 14.7. The Balaban J connectivity index is 1.61. The molecule has 3 aromatic carbocycles. The lowest BCUT2D eigenvalue weighted by molar-refractivity contribution is -0.129. The van der Waals surface area contributed by atoms with Gasteiger partial charge in [0.15, 0.2) is 5.78 Å². The van der Waals surface area contributed by atoms with Crippen molar-refractivity contribution < 1.29 is 18.8 Å². The van der Waals surface area contributed by atoms with Crippen LogP contribution in [0.2, 0.25) is 0 Å². The second-order valence-corrected chi connectivity index (χ2v) is 11.3. The van der Waals surface area contributed by atoms with Gasteiger partial charge in [-0.05, 0) is 47.9 Å². The Morgan fingerprint density at radius 1 is 0.900 bits per heavy atom. The van der Waals surface area contributed by atoms with Crippen LogP contribution in [0.25, 0.3) is 10.8 Å². The molecule has 0 unspecified atom stereocenters. The number of rotatable bonds is 13. The van der Waals surface area contributed by atoms with Crippen molar-refractivity contribution in [3.8, 4) is 0 Å². The quantitative estimate of drug-likeness (QED) is 0.205. The summed E-state index contributed by atoms with van der Waals surface area (Å²) in [6.45, 7) is 5.54. The number of nitrogens with one attached hydrogen (secondary N) is 1. The Labute approximate surface area is 240 Å². The Hall–Kier alpha value is -3.84. The van der Waals surface area contributed by atoms with E-state index < -0.39 is 12.1 Å². The summed E-state index contributed by atoms with van der Waals surface area (Å²) >= 11 is 1.45. The van der Waals surface area contributed by atoms with Crippen molar-refractivity contribution in [2.75, 3.05) is 10.7 Å². The van der Waals surface area contributed by atoms with Crippen LogP contribution < -0.4 is 10.2 Å². The lowest BCUT2D eigenvalue weighted by atomic mass is 9.97. The highest BCUT2D eigenvalue weighted by molar-refractivity contribution is 7.99. The van der Waals surface area contributed by atoms with Crippen molar-refractivity contribution >= 4 is 45.8 Å². The second kappa shape index (κ2) is 14.0. The highest BCUT2D eigenvalue weighted by atomic mass is 32.2. The number of amides is 2. The third-order valence-corrected chi connectivity index (χ3v) is 7.71. The largest absolute Gasteiger partial charge is 0.468 e. The molecule has 1 aromatic heterocycles. The molecule has 1 N–H and O–H groups in total. The van der Waals surface area contributed by atoms with E-state index in [-0.39, 0.29) is 29.3 Å². The van der Waals surface area contributed by atoms with Gasteiger partial charge in [-0.2, -0.15) is 0 Å². The molecule has 0 aliphatic heterocycles. The van der Waals surface area contributed by atoms with Crippen LogP contribution in [-0.2, 0) is 26.6 Å². The van der Waals surface area contributed by atoms with Gasteiger partial charge < -0.3 is 9.73 Å². The number of nitrogens with zero attached hydrogens (tertiary/aromatic N) is 1. The van der Waals surface area contributed by atoms with Crippen LogP contribution in [-0.4, -0.2) is 35.4 Å². The lowest BCUT2D eigenvalue weighted by Crippen LogP contribution is -2.54. The molecule has 2 amide bonds. The molecule has 2 atom stereocenters. The summed E-state index contributed by atoms with van der Waals surface area (Å²) in [6, 6.07) is 25.5. The molecule has 0 aliphatic rings. The molecule has 0 spiro atoms. The molecule has 4 rings (SSSR count). The zero-order valence-corrected chi connectivity index (χ0v) is 24.0. The first kappa shape index (κ1) is 29.2. The van der Waals surface area contributed by atoms with Crippen LogP contribution in [0.15, 0.2) is 95.6 Å². The van der Waals surface area contributed by atoms with Gasteiger partial charge in [-0.25, -0.2) is 0 Å². The average molecular weight is 557 g/mol. The number of thioether (sulfide) groups is 1. The molecule has 208 valence electrons. The van der Waals surface area contributed by atoms with Gasteiger partial charge in [-0.15, -0.1) is 11.8 Å². The highest BCUT2D eigenvalue weighted by Crippen LogP contribution is 2.30. The molecule has 1 heterocycles. The molecular weight excluding hydrogens is 520 g/mol. The van der Waals surface area contributed by atoms with Crippen molar-refractivity contribution in [3.05, 3.63) is 103 Å². The number of carbonyl (C=O) groups excluding carboxylic acids is 3. The fourth-order valence-corrected chi connectivity index (χ4v) is 5.73. The van der Waals surface area contributed by atoms with Crippen molar-refractivity contribution in [1.82, 2.24) is 5.32 Å². The molecule has 40 heavy (non-hydrogen) atoms. The van der Waals surface area contributed by atoms with Gasteiger partial charge in [0.25, 0.3) is 0 Å². The monoisotopic (exact) mass is 556 g/mol. The van der Waals surface area contributed by atoms with Crippen LogP contribution in [0, 0.1) is 5.92 Å². The fraction of sp³-hybridized carbons (Fsp3) is 0.303. The molecule has 0 bridgehead atoms. The van der Waals surface area contributed by atoms with Gasteiger partial charge in [-0.1, -0.05) is 80.6 Å². The second-order valence-electron chi connectivity index (χ2n) is 10.3. The number of Topliss-reactive ketones (excluding diaryl/α,β-unsaturated/α-hetero) is 1. The number of ketones is 1. The minimum absolute atomic E-state index is 0.0726. The van der Waals surface area contributed by atoms with E-state index in [0.29, 0.717) is 24.3 Å². The number of hydrogen-bond donors (Lipinski definition) is 1. The first-order valence-electron chi connectivity index (χ1n) is 13.6. The molecule has 7 heteroatoms. The number of fused-ring (bicyclic) bond motifs is 1. The van der Waals surface area contributed by atoms with E-state index in [2.05, 4.69) is 5.32 Å². The predicted octanol–water partition coefficient (Wildman–Crippen LogP) is 6.43. The zero-order chi connectivity index (χ0) is 28.5. The summed E-state index contributed by atoms with van der Waals surface area (Å²) in [5.41, 5.74) is 1.64. The molecule has 0 saturated carbocycles. The molecular formula is C33H36N2O4S. The predicted molar refractivity (Wildman–Crippen MR) is 162 cm³/mol. The Morgan fingerprint density at radius 3 is 2.33 bits per heavy atom. The minimum Gasteiger partial charge on any atom is -0.468 e. The van der Waals surface area contributed by atoms with E-state index in [1.165, 1.54) is 18.7 Å². The van der Waals surface area contributed by atoms with Crippen LogP contribution in [0.4, 0.5) is 5.69 Å². The summed E-state index contributed by atoms with van der Waals surface area (Å²) < 4.78 is 5.39. The third-order valence-electron chi connectivity index (χ3n) is 6.73. The van der Waals surface area contributed by atoms with E-state index in [1.807, 2.05) is 98.8 Å². The smallest absolute Gasteiger partial charge is 0.243 e. The zero-order valence-electron chi connectivity index (χ0n) is 23.2. The van der Waals surface area contributed by atoms with Crippen molar-refractivity contribution in [2.24, 2.45) is 5.92 Å². The molecule has 0 aliphatic carbocycles. The third kappa shape index (κ3) is 7.63. The number of anilines is 1. The Kier molecular flexibility index (Phi) is 10.2. The van der Waals surface area contributed by atoms with E-state index >= 15 is 0 Å². The maximum atomic E-state index is 14.0. The van der Waals surface area contributed by atoms with E-state index in [0.717, 1.165) is 22.1 Å². The molecule has 0 saturated heterocycles. The lowest BCUT2D eigenvalue weighted by Gasteiger charge is -2.33. The Bertz CT molecular complexity index is 1410. The molecule has 6 nitrogen and oxygen atoms in total. The molecule has 4 aromatic rings. The number of carbonyl (C=O) groups is 3. The SMILES string of the molecule is CC(=O)N(c1cccc2ccccc12)[C@@H](CC(C)C)C(=O)N[C@@H](Cc1ccccc1)C(=O)CSCc1ccco1. The number of furan rings is 1. The number of hydrogen-bond acceptors (Lipinski definition) is 5. The van der Waals surface area contributed by atoms with Gasteiger partial charge in [0, 0.05) is 12.3 Å². The standard InChI is InChI=1S/C33H36N2O4S/c1-23(2)19-31(35(24(3)36)30-17-9-14-26-13-7-8-16-28(26)30)33(38)34-29(20-25-11-5-4-6-12-25)32(37)22-40-21-27-15-10-18-39-27/h4-18,23,29,31H,19-22H2,1-3H3,(H,34,38)/t29-,31-/m0/s1. The average Bonchev–Trinajstić information content (AvgIpc) is 3.46. The maximum Gasteiger partial charge on any atom is 0.243 e. The number of benzene rings is 3. The summed E-state index contributed by atoms with van der Waals surface area (Å²) in [5, 5.41) is 4.93. The fourth-order valence-electron chi connectivity index (χ4n) is 4.86. The first-order chi connectivity index (χ1) is 19.3. The van der Waals surface area contributed by atoms with Crippen LogP contribution in [0.5, 0.6) is 0 Å². The van der Waals surface area contributed by atoms with Gasteiger partial charge in [0.1, 0.15) is 11.8 Å². The van der Waals surface area contributed by atoms with E-state index in [1.54, 1.807) is 11.2 Å². The van der Waals surface area contributed by atoms with Gasteiger partial charge in [0.05, 0.1) is 29.5 Å². The van der Waals surface area contributed by atoms with Crippen molar-refractivity contribution in [2.45, 2.75) is 51.4 Å². The summed E-state index contributed by atoms with van der Waals surface area (Å²) in [5.74, 6) is 1.11. The summed E-state index contributed by atoms with van der Waals surface area (Å²) in [4.78, 5) is 42.2. The minimum atomic E-state index is -0.773. The normalized spacial score (nSPS) is 12.7. The van der Waals surface area contributed by atoms with Crippen LogP contribution >= 0.6 is 11.8 Å². The summed E-state index contributed by atoms with van der Waals surface area (Å²) in [6.07, 6.45) is 2.44. The molecule has 0 fully saturated rings.